The van der Waals surface area contributed by atoms with Gasteiger partial charge >= 0.3 is 0 Å². The smallest absolute Gasteiger partial charge is 0.136 e. The molecular weight excluding hydrogens is 284 g/mol. The molecule has 0 spiro atoms. The van der Waals surface area contributed by atoms with Crippen LogP contribution in [0.15, 0.2) is 71.8 Å². The lowest BCUT2D eigenvalue weighted by molar-refractivity contribution is 0.283. The van der Waals surface area contributed by atoms with E-state index >= 15 is 0 Å². The Kier molecular flexibility index (Phi) is 2.68. The average molecular weight is 300 g/mol. The van der Waals surface area contributed by atoms with Gasteiger partial charge in [0.2, 0.25) is 0 Å². The summed E-state index contributed by atoms with van der Waals surface area (Å²) in [5.74, 6) is 1.32. The molecule has 23 heavy (non-hydrogen) atoms. The van der Waals surface area contributed by atoms with Crippen molar-refractivity contribution in [3.8, 4) is 5.75 Å². The van der Waals surface area contributed by atoms with Gasteiger partial charge in [-0.2, -0.15) is 5.10 Å². The van der Waals surface area contributed by atoms with E-state index in [-0.39, 0.29) is 0 Å². The Morgan fingerprint density at radius 1 is 0.913 bits per heavy atom. The maximum atomic E-state index is 6.13. The Hall–Kier alpha value is -2.81. The molecule has 3 aromatic rings. The third kappa shape index (κ3) is 1.93. The van der Waals surface area contributed by atoms with Crippen LogP contribution < -0.4 is 9.75 Å². The largest absolute Gasteiger partial charge is 0.491 e. The SMILES string of the molecule is c1ccc(N2C[C@@H]3COc4c(ccc5ccccc45)C3=N2)cc1. The van der Waals surface area contributed by atoms with Crippen LogP contribution in [-0.4, -0.2) is 18.9 Å². The number of benzene rings is 3. The standard InChI is InChI=1S/C20H16N2O/c1-2-7-16(8-3-1)22-12-15-13-23-20-17-9-5-4-6-14(17)10-11-18(20)19(15)21-22/h1-11,15H,12-13H2/t15-/m1/s1. The van der Waals surface area contributed by atoms with Crippen molar-refractivity contribution in [3.63, 3.8) is 0 Å². The predicted octanol–water partition coefficient (Wildman–Crippen LogP) is 4.07. The summed E-state index contributed by atoms with van der Waals surface area (Å²) in [5, 5.41) is 9.37. The second-order valence-corrected chi connectivity index (χ2v) is 6.07. The van der Waals surface area contributed by atoms with Gasteiger partial charge in [0.15, 0.2) is 0 Å². The summed E-state index contributed by atoms with van der Waals surface area (Å²) in [4.78, 5) is 0. The highest BCUT2D eigenvalue weighted by Crippen LogP contribution is 2.38. The Morgan fingerprint density at radius 3 is 2.65 bits per heavy atom. The molecule has 0 saturated heterocycles. The van der Waals surface area contributed by atoms with E-state index in [1.54, 1.807) is 0 Å². The van der Waals surface area contributed by atoms with Crippen LogP contribution in [0.5, 0.6) is 5.75 Å². The minimum atomic E-state index is 0.337. The van der Waals surface area contributed by atoms with Crippen molar-refractivity contribution in [2.24, 2.45) is 11.0 Å². The maximum Gasteiger partial charge on any atom is 0.136 e. The van der Waals surface area contributed by atoms with E-state index in [1.807, 2.05) is 6.07 Å². The molecule has 0 fully saturated rings. The first-order valence-electron chi connectivity index (χ1n) is 7.96. The van der Waals surface area contributed by atoms with Gasteiger partial charge in [-0.05, 0) is 23.6 Å². The molecule has 0 radical (unpaired) electrons. The number of hydrogen-bond acceptors (Lipinski definition) is 3. The van der Waals surface area contributed by atoms with Gasteiger partial charge in [0, 0.05) is 10.9 Å². The summed E-state index contributed by atoms with van der Waals surface area (Å²) in [6.07, 6.45) is 0. The molecule has 0 saturated carbocycles. The Bertz CT molecular complexity index is 917. The van der Waals surface area contributed by atoms with Crippen LogP contribution in [-0.2, 0) is 0 Å². The predicted molar refractivity (Wildman–Crippen MR) is 93.3 cm³/mol. The van der Waals surface area contributed by atoms with E-state index in [2.05, 4.69) is 65.7 Å². The van der Waals surface area contributed by atoms with Gasteiger partial charge in [0.05, 0.1) is 30.5 Å². The number of fused-ring (bicyclic) bond motifs is 5. The van der Waals surface area contributed by atoms with Gasteiger partial charge in [-0.3, -0.25) is 5.01 Å². The van der Waals surface area contributed by atoms with Crippen LogP contribution in [0, 0.1) is 5.92 Å². The fraction of sp³-hybridized carbons (Fsp3) is 0.150. The molecule has 3 aromatic carbocycles. The average Bonchev–Trinajstić information content (AvgIpc) is 3.07. The third-order valence-corrected chi connectivity index (χ3v) is 4.65. The molecule has 0 aliphatic carbocycles. The van der Waals surface area contributed by atoms with E-state index in [0.29, 0.717) is 12.5 Å². The molecule has 0 aromatic heterocycles. The Labute approximate surface area is 134 Å². The van der Waals surface area contributed by atoms with Gasteiger partial charge < -0.3 is 4.74 Å². The molecule has 0 bridgehead atoms. The minimum absolute atomic E-state index is 0.337. The molecule has 2 aliphatic rings. The van der Waals surface area contributed by atoms with Gasteiger partial charge in [0.25, 0.3) is 0 Å². The molecule has 5 rings (SSSR count). The maximum absolute atomic E-state index is 6.13. The van der Waals surface area contributed by atoms with Crippen molar-refractivity contribution < 1.29 is 4.74 Å². The molecule has 1 atom stereocenters. The number of anilines is 1. The molecule has 0 N–H and O–H groups in total. The number of nitrogens with zero attached hydrogens (tertiary/aromatic N) is 2. The van der Waals surface area contributed by atoms with E-state index in [4.69, 9.17) is 9.84 Å². The van der Waals surface area contributed by atoms with Crippen LogP contribution in [0.25, 0.3) is 10.8 Å². The lowest BCUT2D eigenvalue weighted by Gasteiger charge is -2.24. The Morgan fingerprint density at radius 2 is 1.74 bits per heavy atom. The topological polar surface area (TPSA) is 24.8 Å². The van der Waals surface area contributed by atoms with E-state index < -0.39 is 0 Å². The van der Waals surface area contributed by atoms with Gasteiger partial charge in [-0.1, -0.05) is 48.5 Å². The summed E-state index contributed by atoms with van der Waals surface area (Å²) in [7, 11) is 0. The summed E-state index contributed by atoms with van der Waals surface area (Å²) in [6.45, 7) is 1.58. The number of rotatable bonds is 1. The van der Waals surface area contributed by atoms with Crippen LogP contribution in [0.1, 0.15) is 5.56 Å². The van der Waals surface area contributed by atoms with Crippen molar-refractivity contribution in [2.45, 2.75) is 0 Å². The minimum Gasteiger partial charge on any atom is -0.491 e. The van der Waals surface area contributed by atoms with E-state index in [0.717, 1.165) is 29.3 Å². The lowest BCUT2D eigenvalue weighted by atomic mass is 9.92. The molecule has 0 unspecified atom stereocenters. The first kappa shape index (κ1) is 12.7. The summed E-state index contributed by atoms with van der Waals surface area (Å²) in [6, 6.07) is 23.0. The highest BCUT2D eigenvalue weighted by atomic mass is 16.5. The molecule has 0 amide bonds. The van der Waals surface area contributed by atoms with Gasteiger partial charge in [-0.25, -0.2) is 0 Å². The molecule has 2 heterocycles. The number of ether oxygens (including phenoxy) is 1. The molecule has 3 heteroatoms. The number of para-hydroxylation sites is 1. The van der Waals surface area contributed by atoms with Crippen LogP contribution in [0.4, 0.5) is 5.69 Å². The number of hydrogen-bond donors (Lipinski definition) is 0. The van der Waals surface area contributed by atoms with Crippen molar-refractivity contribution in [2.75, 3.05) is 18.2 Å². The second-order valence-electron chi connectivity index (χ2n) is 6.07. The first-order valence-corrected chi connectivity index (χ1v) is 7.96. The molecule has 2 aliphatic heterocycles. The highest BCUT2D eigenvalue weighted by molar-refractivity contribution is 6.11. The van der Waals surface area contributed by atoms with Crippen molar-refractivity contribution in [1.82, 2.24) is 0 Å². The van der Waals surface area contributed by atoms with Crippen molar-refractivity contribution >= 4 is 22.2 Å². The monoisotopic (exact) mass is 300 g/mol. The summed E-state index contributed by atoms with van der Waals surface area (Å²) in [5.41, 5.74) is 3.43. The zero-order chi connectivity index (χ0) is 15.2. The summed E-state index contributed by atoms with van der Waals surface area (Å²) < 4.78 is 6.13. The number of hydrazone groups is 1. The zero-order valence-corrected chi connectivity index (χ0v) is 12.6. The molecule has 112 valence electrons. The molecule has 3 nitrogen and oxygen atoms in total. The zero-order valence-electron chi connectivity index (χ0n) is 12.6. The van der Waals surface area contributed by atoms with Crippen LogP contribution in [0.2, 0.25) is 0 Å². The Balaban J connectivity index is 1.64. The normalized spacial score (nSPS) is 19.0. The van der Waals surface area contributed by atoms with Crippen LogP contribution in [0.3, 0.4) is 0 Å². The van der Waals surface area contributed by atoms with Crippen molar-refractivity contribution in [3.05, 3.63) is 72.3 Å². The highest BCUT2D eigenvalue weighted by Gasteiger charge is 2.34. The summed E-state index contributed by atoms with van der Waals surface area (Å²) >= 11 is 0. The van der Waals surface area contributed by atoms with Gasteiger partial charge in [0.1, 0.15) is 5.75 Å². The van der Waals surface area contributed by atoms with E-state index in [1.165, 1.54) is 10.8 Å². The lowest BCUT2D eigenvalue weighted by Crippen LogP contribution is -2.29. The second kappa shape index (κ2) is 4.85. The van der Waals surface area contributed by atoms with Gasteiger partial charge in [-0.15, -0.1) is 0 Å². The quantitative estimate of drug-likeness (QED) is 0.676. The fourth-order valence-corrected chi connectivity index (χ4v) is 3.50. The van der Waals surface area contributed by atoms with E-state index in [9.17, 15) is 0 Å². The first-order chi connectivity index (χ1) is 11.4. The van der Waals surface area contributed by atoms with Crippen LogP contribution >= 0.6 is 0 Å². The van der Waals surface area contributed by atoms with Crippen molar-refractivity contribution in [1.29, 1.82) is 0 Å². The third-order valence-electron chi connectivity index (χ3n) is 4.65. The molecular formula is C20H16N2O. The fourth-order valence-electron chi connectivity index (χ4n) is 3.50.